The monoisotopic (exact) mass is 256 g/mol. The van der Waals surface area contributed by atoms with Crippen LogP contribution in [0.3, 0.4) is 0 Å². The van der Waals surface area contributed by atoms with Gasteiger partial charge in [-0.15, -0.1) is 0 Å². The zero-order valence-corrected chi connectivity index (χ0v) is 11.1. The normalized spacial score (nSPS) is 10.2. The predicted octanol–water partition coefficient (Wildman–Crippen LogP) is 1.69. The van der Waals surface area contributed by atoms with Crippen molar-refractivity contribution in [2.45, 2.75) is 20.4 Å². The van der Waals surface area contributed by atoms with Gasteiger partial charge in [-0.3, -0.25) is 4.79 Å². The van der Waals surface area contributed by atoms with Gasteiger partial charge in [0.25, 0.3) is 0 Å². The Bertz CT molecular complexity index is 598. The van der Waals surface area contributed by atoms with Crippen LogP contribution in [0.25, 0.3) is 5.82 Å². The second-order valence-corrected chi connectivity index (χ2v) is 4.29. The van der Waals surface area contributed by atoms with Crippen LogP contribution in [-0.4, -0.2) is 20.7 Å². The standard InChI is InChI=1S/C14H16N4O/c1-4-14(19)16-9-12-5-6-13(15-8-12)18-11(3)7-10(2)17-18/h4-8H,1,9H2,2-3H3,(H,16,19). The molecule has 2 rings (SSSR count). The van der Waals surface area contributed by atoms with Crippen molar-refractivity contribution < 1.29 is 4.79 Å². The first-order chi connectivity index (χ1) is 9.10. The van der Waals surface area contributed by atoms with Gasteiger partial charge in [-0.05, 0) is 37.6 Å². The number of hydrogen-bond donors (Lipinski definition) is 1. The minimum Gasteiger partial charge on any atom is -0.348 e. The summed E-state index contributed by atoms with van der Waals surface area (Å²) in [7, 11) is 0. The van der Waals surface area contributed by atoms with Gasteiger partial charge in [-0.25, -0.2) is 9.67 Å². The molecule has 2 heterocycles. The van der Waals surface area contributed by atoms with Gasteiger partial charge in [0.15, 0.2) is 5.82 Å². The van der Waals surface area contributed by atoms with Crippen molar-refractivity contribution in [2.24, 2.45) is 0 Å². The first-order valence-electron chi connectivity index (χ1n) is 5.99. The molecule has 5 nitrogen and oxygen atoms in total. The Labute approximate surface area is 112 Å². The van der Waals surface area contributed by atoms with Crippen LogP contribution in [0.5, 0.6) is 0 Å². The highest BCUT2D eigenvalue weighted by atomic mass is 16.1. The van der Waals surface area contributed by atoms with E-state index in [2.05, 4.69) is 22.0 Å². The average molecular weight is 256 g/mol. The lowest BCUT2D eigenvalue weighted by Gasteiger charge is -2.05. The summed E-state index contributed by atoms with van der Waals surface area (Å²) in [6.07, 6.45) is 2.98. The summed E-state index contributed by atoms with van der Waals surface area (Å²) in [5, 5.41) is 7.07. The number of aryl methyl sites for hydroxylation is 2. The predicted molar refractivity (Wildman–Crippen MR) is 72.9 cm³/mol. The summed E-state index contributed by atoms with van der Waals surface area (Å²) in [6, 6.07) is 5.80. The third-order valence-corrected chi connectivity index (χ3v) is 2.69. The molecule has 0 aliphatic heterocycles. The van der Waals surface area contributed by atoms with Crippen LogP contribution < -0.4 is 5.32 Å². The molecule has 0 fully saturated rings. The SMILES string of the molecule is C=CC(=O)NCc1ccc(-n2nc(C)cc2C)nc1. The molecule has 0 aliphatic rings. The lowest BCUT2D eigenvalue weighted by molar-refractivity contribution is -0.116. The molecule has 1 amide bonds. The highest BCUT2D eigenvalue weighted by Gasteiger charge is 2.05. The third-order valence-electron chi connectivity index (χ3n) is 2.69. The molecule has 0 saturated carbocycles. The Kier molecular flexibility index (Phi) is 3.75. The van der Waals surface area contributed by atoms with E-state index in [1.54, 1.807) is 10.9 Å². The van der Waals surface area contributed by atoms with Gasteiger partial charge in [0, 0.05) is 18.4 Å². The minimum absolute atomic E-state index is 0.192. The van der Waals surface area contributed by atoms with E-state index < -0.39 is 0 Å². The van der Waals surface area contributed by atoms with Crippen molar-refractivity contribution in [1.82, 2.24) is 20.1 Å². The van der Waals surface area contributed by atoms with Gasteiger partial charge in [0.2, 0.25) is 5.91 Å². The molecule has 0 aliphatic carbocycles. The smallest absolute Gasteiger partial charge is 0.243 e. The number of nitrogens with zero attached hydrogens (tertiary/aromatic N) is 3. The zero-order chi connectivity index (χ0) is 13.8. The number of pyridine rings is 1. The quantitative estimate of drug-likeness (QED) is 0.847. The van der Waals surface area contributed by atoms with Crippen molar-refractivity contribution in [3.63, 3.8) is 0 Å². The molecular formula is C14H16N4O. The average Bonchev–Trinajstić information content (AvgIpc) is 2.75. The van der Waals surface area contributed by atoms with Crippen LogP contribution in [0.1, 0.15) is 17.0 Å². The fourth-order valence-electron chi connectivity index (χ4n) is 1.77. The van der Waals surface area contributed by atoms with Gasteiger partial charge in [0.1, 0.15) is 0 Å². The van der Waals surface area contributed by atoms with Crippen LogP contribution in [0, 0.1) is 13.8 Å². The van der Waals surface area contributed by atoms with E-state index in [0.29, 0.717) is 6.54 Å². The van der Waals surface area contributed by atoms with E-state index in [1.165, 1.54) is 6.08 Å². The van der Waals surface area contributed by atoms with Crippen LogP contribution in [0.2, 0.25) is 0 Å². The van der Waals surface area contributed by atoms with Gasteiger partial charge in [0.05, 0.1) is 5.69 Å². The molecule has 0 unspecified atom stereocenters. The fraction of sp³-hybridized carbons (Fsp3) is 0.214. The summed E-state index contributed by atoms with van der Waals surface area (Å²) >= 11 is 0. The van der Waals surface area contributed by atoms with Crippen LogP contribution in [-0.2, 0) is 11.3 Å². The first kappa shape index (κ1) is 13.0. The largest absolute Gasteiger partial charge is 0.348 e. The maximum absolute atomic E-state index is 11.1. The Morgan fingerprint density at radius 3 is 2.79 bits per heavy atom. The van der Waals surface area contributed by atoms with Crippen molar-refractivity contribution in [2.75, 3.05) is 0 Å². The van der Waals surface area contributed by atoms with Crippen molar-refractivity contribution in [3.05, 3.63) is 54.0 Å². The molecule has 0 bridgehead atoms. The lowest BCUT2D eigenvalue weighted by Crippen LogP contribution is -2.20. The molecule has 1 N–H and O–H groups in total. The number of amides is 1. The molecule has 0 saturated heterocycles. The van der Waals surface area contributed by atoms with E-state index in [9.17, 15) is 4.79 Å². The molecule has 0 aromatic carbocycles. The number of hydrogen-bond acceptors (Lipinski definition) is 3. The Balaban J connectivity index is 2.12. The Morgan fingerprint density at radius 2 is 2.26 bits per heavy atom. The lowest BCUT2D eigenvalue weighted by atomic mass is 10.3. The van der Waals surface area contributed by atoms with Crippen molar-refractivity contribution in [3.8, 4) is 5.82 Å². The molecule has 98 valence electrons. The summed E-state index contributed by atoms with van der Waals surface area (Å²) in [4.78, 5) is 15.4. The van der Waals surface area contributed by atoms with Gasteiger partial charge < -0.3 is 5.32 Å². The number of carbonyl (C=O) groups excluding carboxylic acids is 1. The van der Waals surface area contributed by atoms with Gasteiger partial charge in [-0.1, -0.05) is 12.6 Å². The number of rotatable bonds is 4. The molecular weight excluding hydrogens is 240 g/mol. The Morgan fingerprint density at radius 1 is 1.47 bits per heavy atom. The van der Waals surface area contributed by atoms with E-state index in [0.717, 1.165) is 22.8 Å². The van der Waals surface area contributed by atoms with E-state index in [1.807, 2.05) is 32.0 Å². The fourth-order valence-corrected chi connectivity index (χ4v) is 1.77. The van der Waals surface area contributed by atoms with Crippen LogP contribution in [0.4, 0.5) is 0 Å². The van der Waals surface area contributed by atoms with Crippen molar-refractivity contribution >= 4 is 5.91 Å². The summed E-state index contributed by atoms with van der Waals surface area (Å²) in [5.41, 5.74) is 2.93. The third kappa shape index (κ3) is 3.07. The van der Waals surface area contributed by atoms with Crippen LogP contribution >= 0.6 is 0 Å². The van der Waals surface area contributed by atoms with Crippen LogP contribution in [0.15, 0.2) is 37.1 Å². The maximum atomic E-state index is 11.1. The van der Waals surface area contributed by atoms with E-state index in [-0.39, 0.29) is 5.91 Å². The van der Waals surface area contributed by atoms with E-state index in [4.69, 9.17) is 0 Å². The highest BCUT2D eigenvalue weighted by Crippen LogP contribution is 2.10. The minimum atomic E-state index is -0.192. The highest BCUT2D eigenvalue weighted by molar-refractivity contribution is 5.86. The second kappa shape index (κ2) is 5.48. The Hall–Kier alpha value is -2.43. The van der Waals surface area contributed by atoms with Gasteiger partial charge in [-0.2, -0.15) is 5.10 Å². The molecule has 0 radical (unpaired) electrons. The molecule has 2 aromatic heterocycles. The maximum Gasteiger partial charge on any atom is 0.243 e. The molecule has 5 heteroatoms. The summed E-state index contributed by atoms with van der Waals surface area (Å²) in [5.74, 6) is 0.576. The number of carbonyl (C=O) groups is 1. The molecule has 2 aromatic rings. The first-order valence-corrected chi connectivity index (χ1v) is 5.99. The summed E-state index contributed by atoms with van der Waals surface area (Å²) < 4.78 is 1.79. The van der Waals surface area contributed by atoms with Crippen molar-refractivity contribution in [1.29, 1.82) is 0 Å². The van der Waals surface area contributed by atoms with E-state index >= 15 is 0 Å². The number of aromatic nitrogens is 3. The topological polar surface area (TPSA) is 59.8 Å². The van der Waals surface area contributed by atoms with Gasteiger partial charge >= 0.3 is 0 Å². The summed E-state index contributed by atoms with van der Waals surface area (Å²) in [6.45, 7) is 7.77. The second-order valence-electron chi connectivity index (χ2n) is 4.29. The molecule has 19 heavy (non-hydrogen) atoms. The molecule has 0 atom stereocenters. The molecule has 0 spiro atoms. The zero-order valence-electron chi connectivity index (χ0n) is 11.1. The number of nitrogens with one attached hydrogen (secondary N) is 1.